The van der Waals surface area contributed by atoms with Gasteiger partial charge >= 0.3 is 5.69 Å². The molecule has 4 heterocycles. The van der Waals surface area contributed by atoms with E-state index in [4.69, 9.17) is 11.6 Å². The number of nitrogens with one attached hydrogen (secondary N) is 4. The van der Waals surface area contributed by atoms with E-state index >= 15 is 0 Å². The average Bonchev–Trinajstić information content (AvgIpc) is 3.38. The van der Waals surface area contributed by atoms with Crippen LogP contribution in [-0.2, 0) is 0 Å². The number of halogens is 1. The number of pyridine rings is 2. The van der Waals surface area contributed by atoms with Crippen molar-refractivity contribution in [1.82, 2.24) is 29.5 Å². The fourth-order valence-electron chi connectivity index (χ4n) is 5.47. The lowest BCUT2D eigenvalue weighted by Gasteiger charge is -2.24. The Kier molecular flexibility index (Phi) is 5.98. The van der Waals surface area contributed by atoms with Crippen molar-refractivity contribution in [2.45, 2.75) is 13.0 Å². The predicted octanol–water partition coefficient (Wildman–Crippen LogP) is 5.29. The molecule has 10 nitrogen and oxygen atoms in total. The Hall–Kier alpha value is -5.48. The zero-order valence-corrected chi connectivity index (χ0v) is 22.9. The molecule has 7 aromatic rings. The number of benzene rings is 3. The molecule has 11 heteroatoms. The fourth-order valence-corrected chi connectivity index (χ4v) is 5.88. The van der Waals surface area contributed by atoms with Gasteiger partial charge in [-0.1, -0.05) is 54.1 Å². The van der Waals surface area contributed by atoms with E-state index in [9.17, 15) is 14.4 Å². The van der Waals surface area contributed by atoms with E-state index < -0.39 is 6.04 Å². The summed E-state index contributed by atoms with van der Waals surface area (Å²) < 4.78 is 1.59. The van der Waals surface area contributed by atoms with Crippen molar-refractivity contribution >= 4 is 50.3 Å². The molecule has 42 heavy (non-hydrogen) atoms. The number of hydrogen-bond donors (Lipinski definition) is 4. The first-order chi connectivity index (χ1) is 20.4. The van der Waals surface area contributed by atoms with Gasteiger partial charge in [0.05, 0.1) is 33.2 Å². The van der Waals surface area contributed by atoms with Gasteiger partial charge in [0.15, 0.2) is 5.43 Å². The van der Waals surface area contributed by atoms with E-state index in [1.807, 2.05) is 67.6 Å². The van der Waals surface area contributed by atoms with Crippen LogP contribution in [-0.4, -0.2) is 29.5 Å². The summed E-state index contributed by atoms with van der Waals surface area (Å²) >= 11 is 7.18. The number of anilines is 1. The summed E-state index contributed by atoms with van der Waals surface area (Å²) in [5.74, 6) is 0.320. The zero-order valence-electron chi connectivity index (χ0n) is 22.1. The minimum Gasteiger partial charge on any atom is -0.361 e. The molecule has 0 saturated heterocycles. The first kappa shape index (κ1) is 25.5. The van der Waals surface area contributed by atoms with Gasteiger partial charge in [-0.05, 0) is 42.3 Å². The Balaban J connectivity index is 1.48. The molecule has 0 aliphatic carbocycles. The summed E-state index contributed by atoms with van der Waals surface area (Å²) in [6, 6.07) is 21.1. The Labute approximate surface area is 241 Å². The van der Waals surface area contributed by atoms with Gasteiger partial charge in [0.1, 0.15) is 23.2 Å². The third-order valence-corrected chi connectivity index (χ3v) is 7.73. The van der Waals surface area contributed by atoms with Gasteiger partial charge in [-0.2, -0.15) is 0 Å². The number of aromatic amines is 3. The van der Waals surface area contributed by atoms with Crippen LogP contribution in [0.5, 0.6) is 0 Å². The van der Waals surface area contributed by atoms with E-state index in [-0.39, 0.29) is 16.7 Å². The Morgan fingerprint density at radius 1 is 0.881 bits per heavy atom. The predicted molar refractivity (Wildman–Crippen MR) is 165 cm³/mol. The molecule has 0 amide bonds. The van der Waals surface area contributed by atoms with Crippen molar-refractivity contribution in [3.05, 3.63) is 127 Å². The summed E-state index contributed by atoms with van der Waals surface area (Å²) in [5, 5.41) is 4.98. The summed E-state index contributed by atoms with van der Waals surface area (Å²) in [4.78, 5) is 56.1. The minimum atomic E-state index is -0.558. The number of H-pyrrole nitrogens is 3. The maximum Gasteiger partial charge on any atom is 0.323 e. The number of fused-ring (bicyclic) bond motifs is 3. The van der Waals surface area contributed by atoms with Crippen LogP contribution in [0, 0.1) is 0 Å². The first-order valence-electron chi connectivity index (χ1n) is 13.1. The SMILES string of the molecule is C[C@H](Nc1ncnc2[nH]ccc(=O)c12)c1c(Cl)c2cccc(-c3ccc4[nH]c(=O)[nH]c4c3)c2c(=O)n1-c1ccccc1. The van der Waals surface area contributed by atoms with Gasteiger partial charge in [-0.25, -0.2) is 14.8 Å². The van der Waals surface area contributed by atoms with Gasteiger partial charge in [-0.15, -0.1) is 0 Å². The number of aromatic nitrogens is 6. The molecule has 0 spiro atoms. The Morgan fingerprint density at radius 3 is 2.52 bits per heavy atom. The minimum absolute atomic E-state index is 0.241. The smallest absolute Gasteiger partial charge is 0.323 e. The normalized spacial score (nSPS) is 12.2. The topological polar surface area (TPSA) is 141 Å². The van der Waals surface area contributed by atoms with Crippen LogP contribution in [0.1, 0.15) is 18.7 Å². The van der Waals surface area contributed by atoms with Crippen molar-refractivity contribution in [1.29, 1.82) is 0 Å². The number of para-hydroxylation sites is 1. The van der Waals surface area contributed by atoms with Crippen LogP contribution in [0.3, 0.4) is 0 Å². The highest BCUT2D eigenvalue weighted by atomic mass is 35.5. The summed E-state index contributed by atoms with van der Waals surface area (Å²) in [5.41, 5.74) is 3.43. The third-order valence-electron chi connectivity index (χ3n) is 7.34. The first-order valence-corrected chi connectivity index (χ1v) is 13.5. The number of rotatable bonds is 5. The largest absolute Gasteiger partial charge is 0.361 e. The average molecular weight is 576 g/mol. The van der Waals surface area contributed by atoms with Crippen molar-refractivity contribution < 1.29 is 0 Å². The van der Waals surface area contributed by atoms with Gasteiger partial charge in [-0.3, -0.25) is 14.2 Å². The van der Waals surface area contributed by atoms with Crippen LogP contribution >= 0.6 is 11.6 Å². The van der Waals surface area contributed by atoms with Gasteiger partial charge in [0, 0.05) is 23.3 Å². The molecule has 0 unspecified atom stereocenters. The van der Waals surface area contributed by atoms with Crippen molar-refractivity contribution in [3.63, 3.8) is 0 Å². The molecule has 3 aromatic carbocycles. The molecule has 0 radical (unpaired) electrons. The zero-order chi connectivity index (χ0) is 29.0. The van der Waals surface area contributed by atoms with Crippen LogP contribution in [0.4, 0.5) is 5.82 Å². The van der Waals surface area contributed by atoms with E-state index in [0.29, 0.717) is 60.6 Å². The van der Waals surface area contributed by atoms with E-state index in [1.165, 1.54) is 18.6 Å². The Bertz CT molecular complexity index is 2330. The summed E-state index contributed by atoms with van der Waals surface area (Å²) in [7, 11) is 0. The quantitative estimate of drug-likeness (QED) is 0.220. The lowest BCUT2D eigenvalue weighted by atomic mass is 9.97. The molecule has 7 rings (SSSR count). The molecule has 206 valence electrons. The van der Waals surface area contributed by atoms with Crippen LogP contribution in [0.25, 0.3) is 49.7 Å². The standard InChI is InChI=1S/C31H22ClN7O3/c1-16(36-29-25-23(40)12-13-33-28(25)34-15-35-29)27-26(32)20-9-5-8-19(17-10-11-21-22(14-17)38-31(42)37-21)24(20)30(41)39(27)18-6-3-2-4-7-18/h2-16H,1H3,(H2,37,38,42)(H2,33,34,35,36,40)/t16-/m0/s1. The molecule has 0 aliphatic rings. The van der Waals surface area contributed by atoms with Crippen LogP contribution < -0.4 is 22.0 Å². The molecular formula is C31H22ClN7O3. The molecule has 4 N–H and O–H groups in total. The maximum absolute atomic E-state index is 14.5. The second kappa shape index (κ2) is 9.86. The monoisotopic (exact) mass is 575 g/mol. The molecule has 0 saturated carbocycles. The second-order valence-corrected chi connectivity index (χ2v) is 10.3. The van der Waals surface area contributed by atoms with Crippen molar-refractivity contribution in [2.75, 3.05) is 5.32 Å². The Morgan fingerprint density at radius 2 is 1.69 bits per heavy atom. The molecular weight excluding hydrogens is 554 g/mol. The summed E-state index contributed by atoms with van der Waals surface area (Å²) in [6.45, 7) is 1.86. The van der Waals surface area contributed by atoms with Crippen molar-refractivity contribution in [2.24, 2.45) is 0 Å². The lowest BCUT2D eigenvalue weighted by Crippen LogP contribution is -2.27. The second-order valence-electron chi connectivity index (χ2n) is 9.90. The van der Waals surface area contributed by atoms with Gasteiger partial charge in [0.25, 0.3) is 5.56 Å². The highest BCUT2D eigenvalue weighted by molar-refractivity contribution is 6.36. The molecule has 1 atom stereocenters. The lowest BCUT2D eigenvalue weighted by molar-refractivity contribution is 0.774. The van der Waals surface area contributed by atoms with E-state index in [0.717, 1.165) is 5.56 Å². The van der Waals surface area contributed by atoms with Gasteiger partial charge in [0.2, 0.25) is 0 Å². The van der Waals surface area contributed by atoms with Crippen molar-refractivity contribution in [3.8, 4) is 16.8 Å². The fraction of sp³-hybridized carbons (Fsp3) is 0.0645. The number of nitrogens with zero attached hydrogens (tertiary/aromatic N) is 3. The molecule has 0 bridgehead atoms. The van der Waals surface area contributed by atoms with Gasteiger partial charge < -0.3 is 20.3 Å². The van der Waals surface area contributed by atoms with E-state index in [2.05, 4.69) is 30.2 Å². The molecule has 4 aromatic heterocycles. The highest BCUT2D eigenvalue weighted by Crippen LogP contribution is 2.37. The van der Waals surface area contributed by atoms with Crippen LogP contribution in [0.2, 0.25) is 5.02 Å². The number of imidazole rings is 1. The molecule has 0 aliphatic heterocycles. The van der Waals surface area contributed by atoms with E-state index in [1.54, 1.807) is 10.6 Å². The third kappa shape index (κ3) is 4.08. The maximum atomic E-state index is 14.5. The summed E-state index contributed by atoms with van der Waals surface area (Å²) in [6.07, 6.45) is 2.89. The molecule has 0 fully saturated rings. The highest BCUT2D eigenvalue weighted by Gasteiger charge is 2.24. The van der Waals surface area contributed by atoms with Crippen LogP contribution in [0.15, 0.2) is 99.7 Å². The number of hydrogen-bond acceptors (Lipinski definition) is 6.